The van der Waals surface area contributed by atoms with Gasteiger partial charge in [-0.1, -0.05) is 15.9 Å². The third kappa shape index (κ3) is 3.01. The van der Waals surface area contributed by atoms with Gasteiger partial charge in [0.2, 0.25) is 0 Å². The highest BCUT2D eigenvalue weighted by Gasteiger charge is 2.24. The zero-order valence-electron chi connectivity index (χ0n) is 12.9. The van der Waals surface area contributed by atoms with Crippen LogP contribution >= 0.6 is 15.9 Å². The summed E-state index contributed by atoms with van der Waals surface area (Å²) in [7, 11) is 1.99. The van der Waals surface area contributed by atoms with Gasteiger partial charge in [0.25, 0.3) is 5.91 Å². The lowest BCUT2D eigenvalue weighted by molar-refractivity contribution is 0.0709. The van der Waals surface area contributed by atoms with Crippen LogP contribution in [0.5, 0.6) is 0 Å². The molecule has 1 amide bonds. The second kappa shape index (κ2) is 6.34. The summed E-state index contributed by atoms with van der Waals surface area (Å²) in [5.41, 5.74) is 2.51. The topological polar surface area (TPSA) is 45.2 Å². The van der Waals surface area contributed by atoms with Crippen molar-refractivity contribution in [2.24, 2.45) is 0 Å². The van der Waals surface area contributed by atoms with E-state index in [0.29, 0.717) is 6.04 Å². The quantitative estimate of drug-likeness (QED) is 0.893. The summed E-state index contributed by atoms with van der Waals surface area (Å²) in [5.74, 6) is 0.114. The van der Waals surface area contributed by atoms with Crippen molar-refractivity contribution in [3.63, 3.8) is 0 Å². The predicted octanol–water partition coefficient (Wildman–Crippen LogP) is 3.13. The molecule has 0 saturated carbocycles. The third-order valence-electron chi connectivity index (χ3n) is 4.32. The normalized spacial score (nSPS) is 16.2. The zero-order valence-corrected chi connectivity index (χ0v) is 14.5. The molecular weight excluding hydrogens is 342 g/mol. The molecule has 116 valence electrons. The molecule has 5 heteroatoms. The van der Waals surface area contributed by atoms with Gasteiger partial charge in [-0.05, 0) is 51.1 Å². The number of hydrogen-bond acceptors (Lipinski definition) is 3. The molecular formula is C17H20BrN3O. The van der Waals surface area contributed by atoms with E-state index < -0.39 is 0 Å². The number of nitrogens with one attached hydrogen (secondary N) is 1. The summed E-state index contributed by atoms with van der Waals surface area (Å²) in [6.07, 6.45) is 2.02. The molecule has 22 heavy (non-hydrogen) atoms. The van der Waals surface area contributed by atoms with Crippen molar-refractivity contribution >= 4 is 32.7 Å². The van der Waals surface area contributed by atoms with E-state index in [1.807, 2.05) is 43.1 Å². The number of pyridine rings is 1. The SMILES string of the molecule is CNC1CCN(C(=O)c2cc(C)nc3ccc(Br)cc23)CC1. The van der Waals surface area contributed by atoms with Crippen molar-refractivity contribution in [3.05, 3.63) is 40.0 Å². The molecule has 0 unspecified atom stereocenters. The molecule has 4 nitrogen and oxygen atoms in total. The van der Waals surface area contributed by atoms with Gasteiger partial charge < -0.3 is 10.2 Å². The van der Waals surface area contributed by atoms with Crippen LogP contribution in [0.15, 0.2) is 28.7 Å². The Morgan fingerprint density at radius 3 is 2.73 bits per heavy atom. The third-order valence-corrected chi connectivity index (χ3v) is 4.81. The number of benzene rings is 1. The predicted molar refractivity (Wildman–Crippen MR) is 92.2 cm³/mol. The van der Waals surface area contributed by atoms with Crippen molar-refractivity contribution in [2.45, 2.75) is 25.8 Å². The zero-order chi connectivity index (χ0) is 15.7. The minimum Gasteiger partial charge on any atom is -0.339 e. The molecule has 0 radical (unpaired) electrons. The average molecular weight is 362 g/mol. The minimum absolute atomic E-state index is 0.114. The van der Waals surface area contributed by atoms with E-state index in [-0.39, 0.29) is 5.91 Å². The average Bonchev–Trinajstić information content (AvgIpc) is 2.54. The first-order chi connectivity index (χ1) is 10.6. The lowest BCUT2D eigenvalue weighted by atomic mass is 10.0. The van der Waals surface area contributed by atoms with Gasteiger partial charge in [0, 0.05) is 34.7 Å². The molecule has 2 aromatic rings. The van der Waals surface area contributed by atoms with Crippen molar-refractivity contribution in [2.75, 3.05) is 20.1 Å². The standard InChI is InChI=1S/C17H20BrN3O/c1-11-9-15(14-10-12(18)3-4-16(14)20-11)17(22)21-7-5-13(19-2)6-8-21/h3-4,9-10,13,19H,5-8H2,1-2H3. The van der Waals surface area contributed by atoms with Crippen LogP contribution in [0, 0.1) is 6.92 Å². The van der Waals surface area contributed by atoms with Gasteiger partial charge in [-0.2, -0.15) is 0 Å². The Morgan fingerprint density at radius 1 is 1.32 bits per heavy atom. The molecule has 1 aromatic heterocycles. The molecule has 0 aliphatic carbocycles. The number of likely N-dealkylation sites (tertiary alicyclic amines) is 1. The summed E-state index contributed by atoms with van der Waals surface area (Å²) in [6, 6.07) is 8.32. The van der Waals surface area contributed by atoms with Crippen molar-refractivity contribution in [1.29, 1.82) is 0 Å². The molecule has 3 rings (SSSR count). The number of hydrogen-bond donors (Lipinski definition) is 1. The van der Waals surface area contributed by atoms with E-state index in [4.69, 9.17) is 0 Å². The minimum atomic E-state index is 0.114. The van der Waals surface area contributed by atoms with Crippen LogP contribution in [0.4, 0.5) is 0 Å². The highest BCUT2D eigenvalue weighted by Crippen LogP contribution is 2.25. The lowest BCUT2D eigenvalue weighted by Gasteiger charge is -2.32. The van der Waals surface area contributed by atoms with Crippen LogP contribution < -0.4 is 5.32 Å². The van der Waals surface area contributed by atoms with Crippen LogP contribution in [0.25, 0.3) is 10.9 Å². The number of carbonyl (C=O) groups excluding carboxylic acids is 1. The summed E-state index contributed by atoms with van der Waals surface area (Å²) in [6.45, 7) is 3.55. The van der Waals surface area contributed by atoms with Gasteiger partial charge in [-0.15, -0.1) is 0 Å². The van der Waals surface area contributed by atoms with Gasteiger partial charge in [-0.25, -0.2) is 0 Å². The molecule has 0 bridgehead atoms. The Hall–Kier alpha value is -1.46. The Labute approximate surface area is 139 Å². The molecule has 0 spiro atoms. The molecule has 1 aliphatic heterocycles. The van der Waals surface area contributed by atoms with E-state index >= 15 is 0 Å². The van der Waals surface area contributed by atoms with Gasteiger partial charge in [0.15, 0.2) is 0 Å². The number of piperidine rings is 1. The fraction of sp³-hybridized carbons (Fsp3) is 0.412. The highest BCUT2D eigenvalue weighted by atomic mass is 79.9. The maximum Gasteiger partial charge on any atom is 0.254 e. The van der Waals surface area contributed by atoms with E-state index in [1.54, 1.807) is 0 Å². The van der Waals surface area contributed by atoms with Gasteiger partial charge >= 0.3 is 0 Å². The number of halogens is 1. The molecule has 1 N–H and O–H groups in total. The Bertz CT molecular complexity index is 708. The van der Waals surface area contributed by atoms with Crippen molar-refractivity contribution in [1.82, 2.24) is 15.2 Å². The number of rotatable bonds is 2. The van der Waals surface area contributed by atoms with E-state index in [9.17, 15) is 4.79 Å². The number of aryl methyl sites for hydroxylation is 1. The summed E-state index contributed by atoms with van der Waals surface area (Å²) in [5, 5.41) is 4.21. The summed E-state index contributed by atoms with van der Waals surface area (Å²) >= 11 is 3.49. The van der Waals surface area contributed by atoms with Crippen LogP contribution in [0.2, 0.25) is 0 Å². The Kier molecular flexibility index (Phi) is 4.45. The van der Waals surface area contributed by atoms with Gasteiger partial charge in [0.05, 0.1) is 11.1 Å². The first-order valence-corrected chi connectivity index (χ1v) is 8.41. The van der Waals surface area contributed by atoms with Gasteiger partial charge in [0.1, 0.15) is 0 Å². The Morgan fingerprint density at radius 2 is 2.05 bits per heavy atom. The maximum atomic E-state index is 12.9. The summed E-state index contributed by atoms with van der Waals surface area (Å²) in [4.78, 5) is 19.4. The first-order valence-electron chi connectivity index (χ1n) is 7.62. The van der Waals surface area contributed by atoms with Crippen LogP contribution in [0.1, 0.15) is 28.9 Å². The van der Waals surface area contributed by atoms with Crippen molar-refractivity contribution < 1.29 is 4.79 Å². The largest absolute Gasteiger partial charge is 0.339 e. The van der Waals surface area contributed by atoms with Crippen LogP contribution in [0.3, 0.4) is 0 Å². The first kappa shape index (κ1) is 15.4. The maximum absolute atomic E-state index is 12.9. The lowest BCUT2D eigenvalue weighted by Crippen LogP contribution is -2.44. The second-order valence-electron chi connectivity index (χ2n) is 5.83. The van der Waals surface area contributed by atoms with E-state index in [1.165, 1.54) is 0 Å². The summed E-state index contributed by atoms with van der Waals surface area (Å²) < 4.78 is 0.966. The molecule has 1 aliphatic rings. The fourth-order valence-corrected chi connectivity index (χ4v) is 3.41. The van der Waals surface area contributed by atoms with E-state index in [2.05, 4.69) is 26.2 Å². The van der Waals surface area contributed by atoms with Gasteiger partial charge in [-0.3, -0.25) is 9.78 Å². The number of nitrogens with zero attached hydrogens (tertiary/aromatic N) is 2. The smallest absolute Gasteiger partial charge is 0.254 e. The second-order valence-corrected chi connectivity index (χ2v) is 6.74. The molecule has 1 fully saturated rings. The number of carbonyl (C=O) groups is 1. The number of amides is 1. The molecule has 0 atom stereocenters. The van der Waals surface area contributed by atoms with Crippen LogP contribution in [-0.2, 0) is 0 Å². The molecule has 2 heterocycles. The molecule has 1 saturated heterocycles. The number of fused-ring (bicyclic) bond motifs is 1. The monoisotopic (exact) mass is 361 g/mol. The fourth-order valence-electron chi connectivity index (χ4n) is 3.05. The van der Waals surface area contributed by atoms with Crippen LogP contribution in [-0.4, -0.2) is 42.0 Å². The van der Waals surface area contributed by atoms with E-state index in [0.717, 1.165) is 52.6 Å². The molecule has 1 aromatic carbocycles. The highest BCUT2D eigenvalue weighted by molar-refractivity contribution is 9.10. The number of aromatic nitrogens is 1. The van der Waals surface area contributed by atoms with Crippen molar-refractivity contribution in [3.8, 4) is 0 Å². The Balaban J connectivity index is 1.95.